The Morgan fingerprint density at radius 3 is 2.30 bits per heavy atom. The Balaban J connectivity index is 1.57. The van der Waals surface area contributed by atoms with Gasteiger partial charge in [0.15, 0.2) is 0 Å². The van der Waals surface area contributed by atoms with E-state index in [1.54, 1.807) is 0 Å². The first kappa shape index (κ1) is 19.6. The minimum atomic E-state index is -0.312. The van der Waals surface area contributed by atoms with Crippen LogP contribution in [0.25, 0.3) is 11.1 Å². The maximum Gasteiger partial charge on any atom is 0.225 e. The van der Waals surface area contributed by atoms with Gasteiger partial charge in [-0.15, -0.1) is 0 Å². The number of aryl methyl sites for hydroxylation is 1. The van der Waals surface area contributed by atoms with Crippen LogP contribution >= 0.6 is 0 Å². The summed E-state index contributed by atoms with van der Waals surface area (Å²) in [6, 6.07) is 17.8. The molecular formula is C24H32N2O. The van der Waals surface area contributed by atoms with Crippen molar-refractivity contribution < 1.29 is 4.79 Å². The van der Waals surface area contributed by atoms with Crippen molar-refractivity contribution in [1.29, 1.82) is 0 Å². The number of rotatable bonds is 4. The molecule has 3 rings (SSSR count). The standard InChI is InChI=1S/C24H32N2O/c1-18-7-5-9-20(15-18)21-10-6-8-19(16-21)17-26-13-11-22(12-14-26)25-23(27)24(2,3)4/h5-10,15-16,22H,11-14,17H2,1-4H3,(H,25,27). The van der Waals surface area contributed by atoms with E-state index in [4.69, 9.17) is 0 Å². The zero-order valence-electron chi connectivity index (χ0n) is 17.1. The van der Waals surface area contributed by atoms with E-state index >= 15 is 0 Å². The van der Waals surface area contributed by atoms with Gasteiger partial charge in [-0.1, -0.05) is 68.8 Å². The van der Waals surface area contributed by atoms with Crippen molar-refractivity contribution >= 4 is 5.91 Å². The molecule has 0 saturated carbocycles. The minimum Gasteiger partial charge on any atom is -0.353 e. The molecule has 1 saturated heterocycles. The second-order valence-electron chi connectivity index (χ2n) is 8.84. The molecule has 3 nitrogen and oxygen atoms in total. The molecule has 2 aromatic rings. The van der Waals surface area contributed by atoms with Gasteiger partial charge in [0.2, 0.25) is 5.91 Å². The highest BCUT2D eigenvalue weighted by molar-refractivity contribution is 5.81. The quantitative estimate of drug-likeness (QED) is 0.846. The lowest BCUT2D eigenvalue weighted by molar-refractivity contribution is -0.129. The van der Waals surface area contributed by atoms with Crippen LogP contribution in [0, 0.1) is 12.3 Å². The summed E-state index contributed by atoms with van der Waals surface area (Å²) in [6.07, 6.45) is 2.05. The lowest BCUT2D eigenvalue weighted by atomic mass is 9.94. The van der Waals surface area contributed by atoms with Gasteiger partial charge in [-0.25, -0.2) is 0 Å². The summed E-state index contributed by atoms with van der Waals surface area (Å²) in [6.45, 7) is 11.1. The average molecular weight is 365 g/mol. The monoisotopic (exact) mass is 364 g/mol. The summed E-state index contributed by atoms with van der Waals surface area (Å²) in [5, 5.41) is 3.21. The summed E-state index contributed by atoms with van der Waals surface area (Å²) in [7, 11) is 0. The number of carbonyl (C=O) groups excluding carboxylic acids is 1. The number of carbonyl (C=O) groups is 1. The third-order valence-electron chi connectivity index (χ3n) is 5.29. The van der Waals surface area contributed by atoms with Crippen molar-refractivity contribution in [2.24, 2.45) is 5.41 Å². The Hall–Kier alpha value is -2.13. The maximum atomic E-state index is 12.2. The molecule has 1 aliphatic heterocycles. The summed E-state index contributed by atoms with van der Waals surface area (Å²) in [5.41, 5.74) is 4.89. The van der Waals surface area contributed by atoms with Gasteiger partial charge in [0, 0.05) is 31.1 Å². The zero-order chi connectivity index (χ0) is 19.4. The van der Waals surface area contributed by atoms with Crippen LogP contribution in [0.4, 0.5) is 0 Å². The van der Waals surface area contributed by atoms with Gasteiger partial charge < -0.3 is 5.32 Å². The maximum absolute atomic E-state index is 12.2. The number of amides is 1. The fourth-order valence-electron chi connectivity index (χ4n) is 3.57. The van der Waals surface area contributed by atoms with Crippen LogP contribution in [-0.4, -0.2) is 29.9 Å². The lowest BCUT2D eigenvalue weighted by Crippen LogP contribution is -2.47. The zero-order valence-corrected chi connectivity index (χ0v) is 17.1. The lowest BCUT2D eigenvalue weighted by Gasteiger charge is -2.33. The summed E-state index contributed by atoms with van der Waals surface area (Å²) < 4.78 is 0. The molecule has 1 aliphatic rings. The van der Waals surface area contributed by atoms with Gasteiger partial charge in [-0.2, -0.15) is 0 Å². The average Bonchev–Trinajstić information content (AvgIpc) is 2.63. The van der Waals surface area contributed by atoms with E-state index in [1.165, 1.54) is 22.3 Å². The van der Waals surface area contributed by atoms with Crippen LogP contribution in [0.5, 0.6) is 0 Å². The van der Waals surface area contributed by atoms with E-state index in [2.05, 4.69) is 65.7 Å². The number of hydrogen-bond acceptors (Lipinski definition) is 2. The molecule has 27 heavy (non-hydrogen) atoms. The minimum absolute atomic E-state index is 0.159. The smallest absolute Gasteiger partial charge is 0.225 e. The first-order chi connectivity index (χ1) is 12.8. The SMILES string of the molecule is Cc1cccc(-c2cccc(CN3CCC(NC(=O)C(C)(C)C)CC3)c2)c1. The number of nitrogens with one attached hydrogen (secondary N) is 1. The van der Waals surface area contributed by atoms with Gasteiger partial charge in [0.1, 0.15) is 0 Å². The highest BCUT2D eigenvalue weighted by Gasteiger charge is 2.26. The van der Waals surface area contributed by atoms with Crippen molar-refractivity contribution in [3.05, 3.63) is 59.7 Å². The second kappa shape index (κ2) is 8.26. The molecule has 2 aromatic carbocycles. The molecule has 0 aromatic heterocycles. The van der Waals surface area contributed by atoms with Gasteiger partial charge in [0.05, 0.1) is 0 Å². The van der Waals surface area contributed by atoms with E-state index in [-0.39, 0.29) is 11.3 Å². The van der Waals surface area contributed by atoms with E-state index in [1.807, 2.05) is 20.8 Å². The molecule has 0 atom stereocenters. The van der Waals surface area contributed by atoms with Crippen LogP contribution < -0.4 is 5.32 Å². The van der Waals surface area contributed by atoms with E-state index in [0.29, 0.717) is 6.04 Å². The van der Waals surface area contributed by atoms with Crippen LogP contribution in [0.1, 0.15) is 44.7 Å². The first-order valence-electron chi connectivity index (χ1n) is 10.0. The molecule has 0 bridgehead atoms. The number of benzene rings is 2. The molecule has 1 amide bonds. The fourth-order valence-corrected chi connectivity index (χ4v) is 3.57. The number of hydrogen-bond donors (Lipinski definition) is 1. The van der Waals surface area contributed by atoms with Crippen molar-refractivity contribution in [3.8, 4) is 11.1 Å². The molecule has 1 fully saturated rings. The number of nitrogens with zero attached hydrogens (tertiary/aromatic N) is 1. The Morgan fingerprint density at radius 2 is 1.67 bits per heavy atom. The summed E-state index contributed by atoms with van der Waals surface area (Å²) in [4.78, 5) is 14.7. The molecule has 1 N–H and O–H groups in total. The normalized spacial score (nSPS) is 16.3. The highest BCUT2D eigenvalue weighted by atomic mass is 16.2. The van der Waals surface area contributed by atoms with Crippen LogP contribution in [0.3, 0.4) is 0 Å². The topological polar surface area (TPSA) is 32.3 Å². The summed E-state index contributed by atoms with van der Waals surface area (Å²) >= 11 is 0. The second-order valence-corrected chi connectivity index (χ2v) is 8.84. The van der Waals surface area contributed by atoms with Gasteiger partial charge >= 0.3 is 0 Å². The van der Waals surface area contributed by atoms with Gasteiger partial charge in [-0.05, 0) is 42.5 Å². The molecular weight excluding hydrogens is 332 g/mol. The largest absolute Gasteiger partial charge is 0.353 e. The van der Waals surface area contributed by atoms with Crippen molar-refractivity contribution in [1.82, 2.24) is 10.2 Å². The third-order valence-corrected chi connectivity index (χ3v) is 5.29. The van der Waals surface area contributed by atoms with Crippen LogP contribution in [-0.2, 0) is 11.3 Å². The van der Waals surface area contributed by atoms with Gasteiger partial charge in [-0.3, -0.25) is 9.69 Å². The molecule has 0 radical (unpaired) electrons. The molecule has 0 aliphatic carbocycles. The van der Waals surface area contributed by atoms with Crippen molar-refractivity contribution in [2.45, 2.75) is 53.1 Å². The van der Waals surface area contributed by atoms with Crippen molar-refractivity contribution in [3.63, 3.8) is 0 Å². The molecule has 0 unspecified atom stereocenters. The molecule has 1 heterocycles. The van der Waals surface area contributed by atoms with Gasteiger partial charge in [0.25, 0.3) is 0 Å². The Bertz CT molecular complexity index is 783. The Kier molecular flexibility index (Phi) is 6.01. The van der Waals surface area contributed by atoms with E-state index < -0.39 is 0 Å². The molecule has 0 spiro atoms. The molecule has 144 valence electrons. The van der Waals surface area contributed by atoms with E-state index in [0.717, 1.165) is 32.5 Å². The van der Waals surface area contributed by atoms with E-state index in [9.17, 15) is 4.79 Å². The van der Waals surface area contributed by atoms with Crippen LogP contribution in [0.15, 0.2) is 48.5 Å². The fraction of sp³-hybridized carbons (Fsp3) is 0.458. The number of likely N-dealkylation sites (tertiary alicyclic amines) is 1. The predicted molar refractivity (Wildman–Crippen MR) is 113 cm³/mol. The summed E-state index contributed by atoms with van der Waals surface area (Å²) in [5.74, 6) is 0.159. The Labute approximate surface area is 163 Å². The highest BCUT2D eigenvalue weighted by Crippen LogP contribution is 2.23. The van der Waals surface area contributed by atoms with Crippen molar-refractivity contribution in [2.75, 3.05) is 13.1 Å². The Morgan fingerprint density at radius 1 is 1.04 bits per heavy atom. The molecule has 3 heteroatoms. The van der Waals surface area contributed by atoms with Crippen LogP contribution in [0.2, 0.25) is 0 Å². The first-order valence-corrected chi connectivity index (χ1v) is 10.0. The number of piperidine rings is 1. The third kappa shape index (κ3) is 5.43. The predicted octanol–water partition coefficient (Wildman–Crippen LogP) is 4.79.